The molecule has 7 nitrogen and oxygen atoms in total. The second-order valence-electron chi connectivity index (χ2n) is 7.82. The molecule has 0 saturated heterocycles. The van der Waals surface area contributed by atoms with Crippen LogP contribution in [-0.2, 0) is 4.79 Å². The molecule has 1 aliphatic rings. The number of aliphatic carboxylic acids is 1. The Labute approximate surface area is 185 Å². The summed E-state index contributed by atoms with van der Waals surface area (Å²) in [6.45, 7) is 0. The molecule has 7 heteroatoms. The van der Waals surface area contributed by atoms with Crippen LogP contribution in [0.4, 0.5) is 16.2 Å². The number of carboxylic acid groups (broad SMARTS) is 1. The van der Waals surface area contributed by atoms with Gasteiger partial charge in [0.2, 0.25) is 0 Å². The van der Waals surface area contributed by atoms with Crippen molar-refractivity contribution in [3.8, 4) is 11.1 Å². The number of benzene rings is 2. The summed E-state index contributed by atoms with van der Waals surface area (Å²) in [7, 11) is 0. The normalized spacial score (nSPS) is 17.5. The number of rotatable bonds is 6. The van der Waals surface area contributed by atoms with Crippen molar-refractivity contribution in [3.05, 3.63) is 78.6 Å². The first-order valence-corrected chi connectivity index (χ1v) is 10.5. The molecule has 0 bridgehead atoms. The highest BCUT2D eigenvalue weighted by Gasteiger charge is 2.37. The molecule has 2 amide bonds. The molecule has 3 N–H and O–H groups in total. The monoisotopic (exact) mass is 429 g/mol. The maximum absolute atomic E-state index is 12.8. The maximum atomic E-state index is 12.8. The van der Waals surface area contributed by atoms with Crippen molar-refractivity contribution in [3.63, 3.8) is 0 Å². The van der Waals surface area contributed by atoms with Gasteiger partial charge in [-0.3, -0.25) is 14.6 Å². The molecule has 1 saturated carbocycles. The van der Waals surface area contributed by atoms with Crippen LogP contribution >= 0.6 is 0 Å². The molecular formula is C25H23N3O4. The third kappa shape index (κ3) is 4.83. The molecule has 2 aromatic carbocycles. The average Bonchev–Trinajstić information content (AvgIpc) is 3.30. The number of Topliss-reactive ketones (excluding diaryl/α,β-unsaturated/α-hetero) is 1. The number of carbonyl (C=O) groups excluding carboxylic acids is 2. The predicted molar refractivity (Wildman–Crippen MR) is 122 cm³/mol. The van der Waals surface area contributed by atoms with Crippen molar-refractivity contribution in [1.29, 1.82) is 0 Å². The molecule has 4 rings (SSSR count). The predicted octanol–water partition coefficient (Wildman–Crippen LogP) is 5.08. The van der Waals surface area contributed by atoms with E-state index in [1.165, 1.54) is 0 Å². The lowest BCUT2D eigenvalue weighted by atomic mass is 9.88. The van der Waals surface area contributed by atoms with Crippen molar-refractivity contribution in [1.82, 2.24) is 4.98 Å². The fourth-order valence-corrected chi connectivity index (χ4v) is 4.09. The van der Waals surface area contributed by atoms with Crippen LogP contribution in [0.25, 0.3) is 11.1 Å². The van der Waals surface area contributed by atoms with Crippen LogP contribution in [0.2, 0.25) is 0 Å². The Bertz CT molecular complexity index is 1110. The van der Waals surface area contributed by atoms with Crippen molar-refractivity contribution in [2.45, 2.75) is 19.3 Å². The van der Waals surface area contributed by atoms with Gasteiger partial charge in [0, 0.05) is 23.4 Å². The quantitative estimate of drug-likeness (QED) is 0.474. The van der Waals surface area contributed by atoms with E-state index in [9.17, 15) is 19.5 Å². The van der Waals surface area contributed by atoms with Crippen molar-refractivity contribution < 1.29 is 19.5 Å². The number of anilines is 2. The second-order valence-corrected chi connectivity index (χ2v) is 7.82. The lowest BCUT2D eigenvalue weighted by molar-refractivity contribution is -0.142. The summed E-state index contributed by atoms with van der Waals surface area (Å²) in [6.07, 6.45) is 5.15. The minimum atomic E-state index is -0.889. The number of urea groups is 1. The van der Waals surface area contributed by atoms with Gasteiger partial charge in [-0.15, -0.1) is 0 Å². The number of hydrogen-bond acceptors (Lipinski definition) is 4. The van der Waals surface area contributed by atoms with Crippen LogP contribution in [0.5, 0.6) is 0 Å². The fourth-order valence-electron chi connectivity index (χ4n) is 4.09. The van der Waals surface area contributed by atoms with Crippen LogP contribution in [0, 0.1) is 11.8 Å². The molecule has 1 aliphatic carbocycles. The lowest BCUT2D eigenvalue weighted by Gasteiger charge is -2.14. The van der Waals surface area contributed by atoms with Gasteiger partial charge in [-0.2, -0.15) is 0 Å². The van der Waals surface area contributed by atoms with Gasteiger partial charge in [-0.1, -0.05) is 42.8 Å². The Hall–Kier alpha value is -4.00. The summed E-state index contributed by atoms with van der Waals surface area (Å²) in [4.78, 5) is 40.2. The Morgan fingerprint density at radius 1 is 0.812 bits per heavy atom. The second kappa shape index (κ2) is 9.43. The molecule has 1 heterocycles. The van der Waals surface area contributed by atoms with E-state index in [0.717, 1.165) is 17.5 Å². The Morgan fingerprint density at radius 3 is 2.06 bits per heavy atom. The number of aromatic nitrogens is 1. The van der Waals surface area contributed by atoms with E-state index in [0.29, 0.717) is 29.8 Å². The zero-order valence-corrected chi connectivity index (χ0v) is 17.3. The van der Waals surface area contributed by atoms with Gasteiger partial charge < -0.3 is 15.7 Å². The molecule has 0 aliphatic heterocycles. The van der Waals surface area contributed by atoms with Gasteiger partial charge in [0.1, 0.15) is 0 Å². The minimum Gasteiger partial charge on any atom is -0.481 e. The topological polar surface area (TPSA) is 108 Å². The van der Waals surface area contributed by atoms with Crippen LogP contribution in [-0.4, -0.2) is 27.9 Å². The van der Waals surface area contributed by atoms with Gasteiger partial charge in [0.25, 0.3) is 0 Å². The minimum absolute atomic E-state index is 0.0966. The molecular weight excluding hydrogens is 406 g/mol. The largest absolute Gasteiger partial charge is 0.481 e. The van der Waals surface area contributed by atoms with Gasteiger partial charge in [-0.25, -0.2) is 4.79 Å². The summed E-state index contributed by atoms with van der Waals surface area (Å²) >= 11 is 0. The number of ketones is 1. The highest BCUT2D eigenvalue weighted by molar-refractivity contribution is 6.01. The smallest absolute Gasteiger partial charge is 0.323 e. The number of nitrogens with one attached hydrogen (secondary N) is 2. The number of hydrogen-bond donors (Lipinski definition) is 3. The van der Waals surface area contributed by atoms with E-state index < -0.39 is 17.8 Å². The molecule has 32 heavy (non-hydrogen) atoms. The van der Waals surface area contributed by atoms with E-state index in [1.807, 2.05) is 24.3 Å². The fraction of sp³-hybridized carbons (Fsp3) is 0.200. The number of carbonyl (C=O) groups is 3. The molecule has 162 valence electrons. The van der Waals surface area contributed by atoms with Crippen molar-refractivity contribution >= 4 is 29.2 Å². The van der Waals surface area contributed by atoms with Crippen LogP contribution < -0.4 is 10.6 Å². The first-order valence-electron chi connectivity index (χ1n) is 10.5. The number of pyridine rings is 1. The molecule has 1 aromatic heterocycles. The SMILES string of the molecule is O=C(Nc1ccc(-c2ccc(C(=O)C3CCCC3C(=O)O)cc2)cc1)Nc1cccnc1. The Balaban J connectivity index is 1.39. The van der Waals surface area contributed by atoms with Gasteiger partial charge in [0.15, 0.2) is 5.78 Å². The van der Waals surface area contributed by atoms with Crippen molar-refractivity contribution in [2.75, 3.05) is 10.6 Å². The molecule has 0 radical (unpaired) electrons. The average molecular weight is 429 g/mol. The zero-order chi connectivity index (χ0) is 22.5. The standard InChI is InChI=1S/C25H23N3O4/c29-23(21-4-1-5-22(21)24(30)31)18-8-6-16(7-9-18)17-10-12-19(13-11-17)27-25(32)28-20-3-2-14-26-15-20/h2-3,6-15,21-22H,1,4-5H2,(H,30,31)(H2,27,28,32). The Morgan fingerprint density at radius 2 is 1.44 bits per heavy atom. The third-order valence-electron chi connectivity index (χ3n) is 5.73. The summed E-state index contributed by atoms with van der Waals surface area (Å²) in [5.41, 5.74) is 3.64. The number of amides is 2. The van der Waals surface area contributed by atoms with Gasteiger partial charge >= 0.3 is 12.0 Å². The summed E-state index contributed by atoms with van der Waals surface area (Å²) in [6, 6.07) is 17.7. The highest BCUT2D eigenvalue weighted by atomic mass is 16.4. The van der Waals surface area contributed by atoms with Gasteiger partial charge in [0.05, 0.1) is 17.8 Å². The van der Waals surface area contributed by atoms with Gasteiger partial charge in [-0.05, 0) is 48.2 Å². The molecule has 1 fully saturated rings. The van der Waals surface area contributed by atoms with Crippen LogP contribution in [0.3, 0.4) is 0 Å². The zero-order valence-electron chi connectivity index (χ0n) is 17.3. The van der Waals surface area contributed by atoms with E-state index in [1.54, 1.807) is 48.8 Å². The van der Waals surface area contributed by atoms with E-state index in [4.69, 9.17) is 0 Å². The van der Waals surface area contributed by atoms with Crippen molar-refractivity contribution in [2.24, 2.45) is 11.8 Å². The number of carboxylic acids is 1. The third-order valence-corrected chi connectivity index (χ3v) is 5.73. The van der Waals surface area contributed by atoms with E-state index >= 15 is 0 Å². The molecule has 0 spiro atoms. The first-order chi connectivity index (χ1) is 15.5. The number of nitrogens with zero attached hydrogens (tertiary/aromatic N) is 1. The molecule has 3 aromatic rings. The summed E-state index contributed by atoms with van der Waals surface area (Å²) in [5, 5.41) is 14.8. The maximum Gasteiger partial charge on any atom is 0.323 e. The lowest BCUT2D eigenvalue weighted by Crippen LogP contribution is -2.25. The Kier molecular flexibility index (Phi) is 6.26. The summed E-state index contributed by atoms with van der Waals surface area (Å²) < 4.78 is 0. The van der Waals surface area contributed by atoms with E-state index in [-0.39, 0.29) is 11.8 Å². The molecule has 2 atom stereocenters. The van der Waals surface area contributed by atoms with Crippen LogP contribution in [0.15, 0.2) is 73.1 Å². The van der Waals surface area contributed by atoms with E-state index in [2.05, 4.69) is 15.6 Å². The summed E-state index contributed by atoms with van der Waals surface area (Å²) in [5.74, 6) is -2.01. The highest BCUT2D eigenvalue weighted by Crippen LogP contribution is 2.34. The molecule has 2 unspecified atom stereocenters. The van der Waals surface area contributed by atoms with Crippen LogP contribution in [0.1, 0.15) is 29.6 Å². The first kappa shape index (κ1) is 21.2.